The van der Waals surface area contributed by atoms with Gasteiger partial charge in [-0.05, 0) is 64.0 Å². The minimum absolute atomic E-state index is 0.153. The highest BCUT2D eigenvalue weighted by atomic mass is 14.5. The topological polar surface area (TPSA) is 0 Å². The van der Waals surface area contributed by atoms with Crippen LogP contribution in [0.15, 0.2) is 12.1 Å². The van der Waals surface area contributed by atoms with Gasteiger partial charge in [0.25, 0.3) is 0 Å². The van der Waals surface area contributed by atoms with Crippen LogP contribution in [-0.2, 0) is 10.8 Å². The van der Waals surface area contributed by atoms with E-state index in [2.05, 4.69) is 101 Å². The summed E-state index contributed by atoms with van der Waals surface area (Å²) < 4.78 is 0. The van der Waals surface area contributed by atoms with Gasteiger partial charge >= 0.3 is 0 Å². The van der Waals surface area contributed by atoms with E-state index in [0.717, 1.165) is 11.8 Å². The Kier molecular flexibility index (Phi) is 7.30. The van der Waals surface area contributed by atoms with E-state index in [1.54, 1.807) is 0 Å². The second-order valence-electron chi connectivity index (χ2n) is 12.8. The first-order valence-electron chi connectivity index (χ1n) is 10.9. The molecule has 1 aromatic carbocycles. The van der Waals surface area contributed by atoms with E-state index in [4.69, 9.17) is 0 Å². The van der Waals surface area contributed by atoms with Crippen molar-refractivity contribution in [3.05, 3.63) is 35.4 Å². The van der Waals surface area contributed by atoms with Gasteiger partial charge in [0.2, 0.25) is 0 Å². The van der Waals surface area contributed by atoms with Gasteiger partial charge in [0.15, 0.2) is 0 Å². The van der Waals surface area contributed by atoms with E-state index in [9.17, 15) is 0 Å². The van der Waals surface area contributed by atoms with E-state index < -0.39 is 0 Å². The summed E-state index contributed by atoms with van der Waals surface area (Å²) in [5, 5.41) is 0. The van der Waals surface area contributed by atoms with E-state index in [0.29, 0.717) is 10.8 Å². The van der Waals surface area contributed by atoms with Crippen molar-refractivity contribution in [2.24, 2.45) is 22.7 Å². The zero-order valence-corrected chi connectivity index (χ0v) is 20.4. The Bertz CT molecular complexity index is 525. The molecule has 0 saturated heterocycles. The number of hydrogen-bond acceptors (Lipinski definition) is 0. The molecule has 0 aliphatic heterocycles. The second kappa shape index (κ2) is 8.19. The van der Waals surface area contributed by atoms with Crippen molar-refractivity contribution in [2.75, 3.05) is 0 Å². The van der Waals surface area contributed by atoms with Crippen molar-refractivity contribution in [3.63, 3.8) is 0 Å². The third-order valence-electron chi connectivity index (χ3n) is 6.10. The van der Waals surface area contributed by atoms with Gasteiger partial charge < -0.3 is 0 Å². The largest absolute Gasteiger partial charge is 0.0699 e. The first kappa shape index (κ1) is 24.1. The third kappa shape index (κ3) is 6.85. The lowest BCUT2D eigenvalue weighted by atomic mass is 9.66. The van der Waals surface area contributed by atoms with Crippen LogP contribution in [0.2, 0.25) is 0 Å². The zero-order chi connectivity index (χ0) is 21.3. The average Bonchev–Trinajstić information content (AvgIpc) is 2.96. The van der Waals surface area contributed by atoms with E-state index in [1.807, 2.05) is 6.07 Å². The van der Waals surface area contributed by atoms with Crippen LogP contribution < -0.4 is 0 Å². The SMILES string of the molecule is CC(C)(C)C1CCCC1C(C)(C)C.CC(C)(C)c1c#cccc1C(C)(C)C. The summed E-state index contributed by atoms with van der Waals surface area (Å²) in [6.07, 6.45) is 4.35. The van der Waals surface area contributed by atoms with Crippen LogP contribution in [0.25, 0.3) is 0 Å². The average molecular weight is 371 g/mol. The molecule has 1 fully saturated rings. The molecule has 2 atom stereocenters. The maximum atomic E-state index is 3.26. The smallest absolute Gasteiger partial charge is 0.0115 e. The molecule has 0 nitrogen and oxygen atoms in total. The van der Waals surface area contributed by atoms with Gasteiger partial charge in [-0.2, -0.15) is 0 Å². The summed E-state index contributed by atoms with van der Waals surface area (Å²) in [5.41, 5.74) is 4.02. The van der Waals surface area contributed by atoms with Crippen LogP contribution in [0.1, 0.15) is 113 Å². The second-order valence-corrected chi connectivity index (χ2v) is 12.8. The molecule has 0 heteroatoms. The van der Waals surface area contributed by atoms with Crippen molar-refractivity contribution < 1.29 is 0 Å². The monoisotopic (exact) mass is 370 g/mol. The first-order chi connectivity index (χ1) is 12.0. The summed E-state index contributed by atoms with van der Waals surface area (Å²) in [7, 11) is 0. The van der Waals surface area contributed by atoms with Crippen molar-refractivity contribution in [1.82, 2.24) is 0 Å². The lowest BCUT2D eigenvalue weighted by molar-refractivity contribution is 0.0992. The highest BCUT2D eigenvalue weighted by Crippen LogP contribution is 2.50. The van der Waals surface area contributed by atoms with Gasteiger partial charge in [0, 0.05) is 5.56 Å². The van der Waals surface area contributed by atoms with Crippen LogP contribution in [0.3, 0.4) is 0 Å². The summed E-state index contributed by atoms with van der Waals surface area (Å²) in [6.45, 7) is 27.8. The van der Waals surface area contributed by atoms with Gasteiger partial charge in [-0.25, -0.2) is 0 Å². The predicted octanol–water partition coefficient (Wildman–Crippen LogP) is 8.38. The Balaban J connectivity index is 0.000000271. The molecule has 1 aliphatic rings. The molecule has 2 unspecified atom stereocenters. The quantitative estimate of drug-likeness (QED) is 0.430. The summed E-state index contributed by atoms with van der Waals surface area (Å²) in [6, 6.07) is 10.4. The Morgan fingerprint density at radius 1 is 0.704 bits per heavy atom. The standard InChI is InChI=1S/C14H20.C13H26/c1-13(2,3)11-9-7-8-10-12(11)14(4,5)6;1-12(2,3)10-8-7-9-11(10)13(4,5)6/h7,9H,1-6H3;10-11H,7-9H2,1-6H3. The molecule has 1 aromatic rings. The molecule has 0 N–H and O–H groups in total. The van der Waals surface area contributed by atoms with Crippen molar-refractivity contribution >= 4 is 0 Å². The lowest BCUT2D eigenvalue weighted by Gasteiger charge is -2.39. The summed E-state index contributed by atoms with van der Waals surface area (Å²) in [4.78, 5) is 0. The van der Waals surface area contributed by atoms with E-state index >= 15 is 0 Å². The van der Waals surface area contributed by atoms with Crippen LogP contribution in [0.4, 0.5) is 0 Å². The fourth-order valence-corrected chi connectivity index (χ4v) is 4.64. The van der Waals surface area contributed by atoms with Crippen LogP contribution in [0.5, 0.6) is 0 Å². The first-order valence-corrected chi connectivity index (χ1v) is 10.9. The molecule has 1 aliphatic carbocycles. The molecule has 0 spiro atoms. The Hall–Kier alpha value is -0.960. The molecule has 27 heavy (non-hydrogen) atoms. The highest BCUT2D eigenvalue weighted by molar-refractivity contribution is 5.34. The lowest BCUT2D eigenvalue weighted by Crippen LogP contribution is -2.32. The Morgan fingerprint density at radius 3 is 1.44 bits per heavy atom. The molecule has 154 valence electrons. The summed E-state index contributed by atoms with van der Waals surface area (Å²) in [5.74, 6) is 1.87. The Morgan fingerprint density at radius 2 is 1.15 bits per heavy atom. The predicted molar refractivity (Wildman–Crippen MR) is 121 cm³/mol. The molecular weight excluding hydrogens is 324 g/mol. The molecule has 0 bridgehead atoms. The molecule has 0 radical (unpaired) electrons. The van der Waals surface area contributed by atoms with Crippen LogP contribution in [0, 0.1) is 34.8 Å². The normalized spacial score (nSPS) is 21.3. The van der Waals surface area contributed by atoms with Gasteiger partial charge in [0.1, 0.15) is 0 Å². The minimum Gasteiger partial charge on any atom is -0.0699 e. The zero-order valence-electron chi connectivity index (χ0n) is 20.4. The van der Waals surface area contributed by atoms with Gasteiger partial charge in [0.05, 0.1) is 0 Å². The number of hydrogen-bond donors (Lipinski definition) is 0. The maximum absolute atomic E-state index is 3.26. The van der Waals surface area contributed by atoms with E-state index in [-0.39, 0.29) is 10.8 Å². The van der Waals surface area contributed by atoms with Crippen LogP contribution >= 0.6 is 0 Å². The minimum atomic E-state index is 0.153. The fraction of sp³-hybridized carbons (Fsp3) is 0.778. The van der Waals surface area contributed by atoms with E-state index in [1.165, 1.54) is 30.4 Å². The molecule has 0 heterocycles. The fourth-order valence-electron chi connectivity index (χ4n) is 4.64. The van der Waals surface area contributed by atoms with Crippen molar-refractivity contribution in [2.45, 2.75) is 113 Å². The molecule has 0 aromatic heterocycles. The van der Waals surface area contributed by atoms with Gasteiger partial charge in [-0.3, -0.25) is 0 Å². The Labute approximate surface area is 171 Å². The molecule has 0 amide bonds. The van der Waals surface area contributed by atoms with Crippen molar-refractivity contribution in [3.8, 4) is 0 Å². The summed E-state index contributed by atoms with van der Waals surface area (Å²) >= 11 is 0. The van der Waals surface area contributed by atoms with Gasteiger partial charge in [-0.15, -0.1) is 0 Å². The number of rotatable bonds is 0. The third-order valence-corrected chi connectivity index (χ3v) is 6.10. The van der Waals surface area contributed by atoms with Crippen LogP contribution in [-0.4, -0.2) is 0 Å². The highest BCUT2D eigenvalue weighted by Gasteiger charge is 2.41. The maximum Gasteiger partial charge on any atom is 0.0115 e. The van der Waals surface area contributed by atoms with Gasteiger partial charge in [-0.1, -0.05) is 102 Å². The molecule has 2 rings (SSSR count). The molecule has 1 saturated carbocycles. The molecular formula is C27H46. The van der Waals surface area contributed by atoms with Crippen molar-refractivity contribution in [1.29, 1.82) is 0 Å².